The largest absolute Gasteiger partial charge is 0.508 e. The van der Waals surface area contributed by atoms with Crippen LogP contribution in [0.2, 0.25) is 0 Å². The summed E-state index contributed by atoms with van der Waals surface area (Å²) in [7, 11) is 1.61. The van der Waals surface area contributed by atoms with Crippen molar-refractivity contribution in [2.24, 2.45) is 0 Å². The first kappa shape index (κ1) is 15.7. The van der Waals surface area contributed by atoms with Crippen LogP contribution in [0, 0.1) is 0 Å². The summed E-state index contributed by atoms with van der Waals surface area (Å²) in [5, 5.41) is 18.7. The van der Waals surface area contributed by atoms with Crippen molar-refractivity contribution in [3.63, 3.8) is 0 Å². The summed E-state index contributed by atoms with van der Waals surface area (Å²) in [6.45, 7) is 0. The molecule has 24 heavy (non-hydrogen) atoms. The van der Waals surface area contributed by atoms with Crippen LogP contribution in [-0.4, -0.2) is 27.9 Å². The molecule has 0 aliphatic heterocycles. The molecule has 2 N–H and O–H groups in total. The fourth-order valence-corrected chi connectivity index (χ4v) is 2.67. The molecular weight excluding hydrogens is 306 g/mol. The highest BCUT2D eigenvalue weighted by Crippen LogP contribution is 2.29. The van der Waals surface area contributed by atoms with Gasteiger partial charge in [0.1, 0.15) is 11.5 Å². The summed E-state index contributed by atoms with van der Waals surface area (Å²) in [5.41, 5.74) is 3.28. The number of carboxylic acid groups (broad SMARTS) is 1. The topological polar surface area (TPSA) is 71.7 Å². The molecule has 0 radical (unpaired) electrons. The minimum atomic E-state index is -0.894. The van der Waals surface area contributed by atoms with Crippen molar-refractivity contribution in [3.05, 3.63) is 66.4 Å². The SMILES string of the molecule is COc1ccc(-c2ccc(CC(=O)O)n2-c2ccc(O)cc2)cc1. The van der Waals surface area contributed by atoms with Gasteiger partial charge in [0.2, 0.25) is 0 Å². The average molecular weight is 323 g/mol. The van der Waals surface area contributed by atoms with Gasteiger partial charge in [0.05, 0.1) is 19.2 Å². The Hall–Kier alpha value is -3.21. The van der Waals surface area contributed by atoms with Crippen LogP contribution in [0.1, 0.15) is 5.69 Å². The summed E-state index contributed by atoms with van der Waals surface area (Å²) in [6.07, 6.45) is -0.0863. The number of hydrogen-bond acceptors (Lipinski definition) is 3. The van der Waals surface area contributed by atoms with Crippen LogP contribution in [0.5, 0.6) is 11.5 Å². The van der Waals surface area contributed by atoms with E-state index in [0.717, 1.165) is 22.7 Å². The number of methoxy groups -OCH3 is 1. The molecule has 0 fully saturated rings. The lowest BCUT2D eigenvalue weighted by Crippen LogP contribution is -2.07. The zero-order valence-corrected chi connectivity index (χ0v) is 13.1. The highest BCUT2D eigenvalue weighted by atomic mass is 16.5. The van der Waals surface area contributed by atoms with Gasteiger partial charge in [-0.25, -0.2) is 0 Å². The number of ether oxygens (including phenoxy) is 1. The van der Waals surface area contributed by atoms with Crippen molar-refractivity contribution in [2.45, 2.75) is 6.42 Å². The maximum atomic E-state index is 11.2. The van der Waals surface area contributed by atoms with Crippen LogP contribution in [0.15, 0.2) is 60.7 Å². The maximum absolute atomic E-state index is 11.2. The van der Waals surface area contributed by atoms with Gasteiger partial charge in [-0.05, 0) is 66.2 Å². The second kappa shape index (κ2) is 6.50. The van der Waals surface area contributed by atoms with E-state index >= 15 is 0 Å². The third kappa shape index (κ3) is 3.10. The van der Waals surface area contributed by atoms with E-state index < -0.39 is 5.97 Å². The Kier molecular flexibility index (Phi) is 4.24. The van der Waals surface area contributed by atoms with Crippen LogP contribution < -0.4 is 4.74 Å². The van der Waals surface area contributed by atoms with Crippen LogP contribution in [0.25, 0.3) is 16.9 Å². The standard InChI is InChI=1S/C19H17NO4/c1-24-17-9-2-13(3-10-17)18-11-6-15(12-19(22)23)20(18)14-4-7-16(21)8-5-14/h2-11,21H,12H2,1H3,(H,22,23). The number of nitrogens with zero attached hydrogens (tertiary/aromatic N) is 1. The smallest absolute Gasteiger partial charge is 0.309 e. The van der Waals surface area contributed by atoms with E-state index in [4.69, 9.17) is 9.84 Å². The third-order valence-corrected chi connectivity index (χ3v) is 3.79. The number of carboxylic acids is 1. The lowest BCUT2D eigenvalue weighted by Gasteiger charge is -2.14. The lowest BCUT2D eigenvalue weighted by atomic mass is 10.1. The molecule has 122 valence electrons. The second-order valence-corrected chi connectivity index (χ2v) is 5.36. The van der Waals surface area contributed by atoms with Gasteiger partial charge in [-0.3, -0.25) is 4.79 Å². The van der Waals surface area contributed by atoms with Gasteiger partial charge in [-0.1, -0.05) is 0 Å². The highest BCUT2D eigenvalue weighted by Gasteiger charge is 2.14. The Balaban J connectivity index is 2.13. The first-order chi connectivity index (χ1) is 11.6. The van der Waals surface area contributed by atoms with E-state index in [1.54, 1.807) is 37.4 Å². The van der Waals surface area contributed by atoms with Gasteiger partial charge < -0.3 is 19.5 Å². The summed E-state index contributed by atoms with van der Waals surface area (Å²) in [5.74, 6) is 0.0262. The zero-order valence-electron chi connectivity index (χ0n) is 13.1. The number of phenolic OH excluding ortho intramolecular Hbond substituents is 1. The number of phenols is 1. The summed E-state index contributed by atoms with van der Waals surface area (Å²) >= 11 is 0. The fraction of sp³-hybridized carbons (Fsp3) is 0.105. The molecule has 0 aliphatic carbocycles. The van der Waals surface area contributed by atoms with E-state index in [-0.39, 0.29) is 12.2 Å². The van der Waals surface area contributed by atoms with Gasteiger partial charge in [-0.15, -0.1) is 0 Å². The normalized spacial score (nSPS) is 10.5. The number of carbonyl (C=O) groups is 1. The quantitative estimate of drug-likeness (QED) is 0.754. The number of aromatic hydroxyl groups is 1. The molecule has 3 rings (SSSR count). The van der Waals surface area contributed by atoms with E-state index in [1.165, 1.54) is 0 Å². The van der Waals surface area contributed by atoms with Gasteiger partial charge in [0.25, 0.3) is 0 Å². The summed E-state index contributed by atoms with van der Waals surface area (Å²) < 4.78 is 7.06. The number of benzene rings is 2. The van der Waals surface area contributed by atoms with Crippen molar-refractivity contribution in [1.29, 1.82) is 0 Å². The van der Waals surface area contributed by atoms with E-state index in [9.17, 15) is 9.90 Å². The zero-order chi connectivity index (χ0) is 17.1. The predicted molar refractivity (Wildman–Crippen MR) is 90.8 cm³/mol. The van der Waals surface area contributed by atoms with Gasteiger partial charge >= 0.3 is 5.97 Å². The average Bonchev–Trinajstić information content (AvgIpc) is 2.98. The molecule has 5 heteroatoms. The molecule has 0 atom stereocenters. The molecule has 0 saturated heterocycles. The predicted octanol–water partition coefficient (Wildman–Crippen LogP) is 3.49. The maximum Gasteiger partial charge on any atom is 0.309 e. The van der Waals surface area contributed by atoms with Crippen LogP contribution in [-0.2, 0) is 11.2 Å². The number of rotatable bonds is 5. The number of aliphatic carboxylic acids is 1. The lowest BCUT2D eigenvalue weighted by molar-refractivity contribution is -0.136. The van der Waals surface area contributed by atoms with E-state index in [1.807, 2.05) is 34.9 Å². The van der Waals surface area contributed by atoms with Crippen molar-refractivity contribution >= 4 is 5.97 Å². The Morgan fingerprint density at radius 2 is 1.67 bits per heavy atom. The third-order valence-electron chi connectivity index (χ3n) is 3.79. The molecule has 0 unspecified atom stereocenters. The Labute approximate surface area is 139 Å². The molecule has 5 nitrogen and oxygen atoms in total. The fourth-order valence-electron chi connectivity index (χ4n) is 2.67. The molecule has 1 heterocycles. The van der Waals surface area contributed by atoms with E-state index in [0.29, 0.717) is 5.69 Å². The van der Waals surface area contributed by atoms with Gasteiger partial charge in [0.15, 0.2) is 0 Å². The van der Waals surface area contributed by atoms with Crippen molar-refractivity contribution in [1.82, 2.24) is 4.57 Å². The second-order valence-electron chi connectivity index (χ2n) is 5.36. The molecule has 0 amide bonds. The number of hydrogen-bond donors (Lipinski definition) is 2. The highest BCUT2D eigenvalue weighted by molar-refractivity contribution is 5.72. The molecule has 1 aromatic heterocycles. The Morgan fingerprint density at radius 3 is 2.25 bits per heavy atom. The van der Waals surface area contributed by atoms with Crippen LogP contribution >= 0.6 is 0 Å². The van der Waals surface area contributed by atoms with Crippen LogP contribution in [0.4, 0.5) is 0 Å². The molecule has 2 aromatic carbocycles. The molecule has 0 spiro atoms. The van der Waals surface area contributed by atoms with E-state index in [2.05, 4.69) is 0 Å². The Bertz CT molecular complexity index is 848. The minimum absolute atomic E-state index is 0.0863. The summed E-state index contributed by atoms with van der Waals surface area (Å²) in [4.78, 5) is 11.2. The van der Waals surface area contributed by atoms with Crippen molar-refractivity contribution in [3.8, 4) is 28.4 Å². The molecule has 0 saturated carbocycles. The first-order valence-electron chi connectivity index (χ1n) is 7.45. The summed E-state index contributed by atoms with van der Waals surface area (Å²) in [6, 6.07) is 18.0. The molecule has 0 bridgehead atoms. The van der Waals surface area contributed by atoms with Crippen LogP contribution in [0.3, 0.4) is 0 Å². The molecule has 3 aromatic rings. The number of aromatic nitrogens is 1. The monoisotopic (exact) mass is 323 g/mol. The first-order valence-corrected chi connectivity index (χ1v) is 7.45. The minimum Gasteiger partial charge on any atom is -0.508 e. The van der Waals surface area contributed by atoms with Crippen molar-refractivity contribution < 1.29 is 19.7 Å². The van der Waals surface area contributed by atoms with Crippen molar-refractivity contribution in [2.75, 3.05) is 7.11 Å². The molecule has 0 aliphatic rings. The van der Waals surface area contributed by atoms with Gasteiger partial charge in [0, 0.05) is 11.4 Å². The van der Waals surface area contributed by atoms with Gasteiger partial charge in [-0.2, -0.15) is 0 Å². The molecular formula is C19H17NO4. The Morgan fingerprint density at radius 1 is 1.00 bits per heavy atom.